The lowest BCUT2D eigenvalue weighted by Crippen LogP contribution is -2.31. The van der Waals surface area contributed by atoms with Gasteiger partial charge < -0.3 is 18.8 Å². The Hall–Kier alpha value is -3.22. The van der Waals surface area contributed by atoms with Gasteiger partial charge in [0.05, 0.1) is 21.7 Å². The second-order valence-electron chi connectivity index (χ2n) is 9.00. The molecule has 38 heavy (non-hydrogen) atoms. The fourth-order valence-corrected chi connectivity index (χ4v) is 7.09. The van der Waals surface area contributed by atoms with Crippen molar-refractivity contribution in [3.8, 4) is 11.5 Å². The highest BCUT2D eigenvalue weighted by atomic mass is 32.2. The molecule has 0 aliphatic carbocycles. The smallest absolute Gasteiger partial charge is 0.326 e. The Bertz CT molecular complexity index is 1520. The predicted molar refractivity (Wildman–Crippen MR) is 141 cm³/mol. The summed E-state index contributed by atoms with van der Waals surface area (Å²) in [4.78, 5) is 30.2. The van der Waals surface area contributed by atoms with E-state index in [-0.39, 0.29) is 23.6 Å². The van der Waals surface area contributed by atoms with Crippen LogP contribution in [0.3, 0.4) is 0 Å². The van der Waals surface area contributed by atoms with Gasteiger partial charge in [0.1, 0.15) is 19.8 Å². The number of hydrogen-bond donors (Lipinski definition) is 0. The first-order valence-electron chi connectivity index (χ1n) is 12.6. The van der Waals surface area contributed by atoms with E-state index in [0.717, 1.165) is 30.4 Å². The van der Waals surface area contributed by atoms with E-state index < -0.39 is 21.9 Å². The minimum atomic E-state index is -3.62. The molecule has 0 spiro atoms. The van der Waals surface area contributed by atoms with E-state index in [1.165, 1.54) is 39.9 Å². The van der Waals surface area contributed by atoms with Crippen LogP contribution in [0.2, 0.25) is 0 Å². The Kier molecular flexibility index (Phi) is 7.82. The molecule has 10 nitrogen and oxygen atoms in total. The Morgan fingerprint density at radius 1 is 1.00 bits per heavy atom. The fraction of sp³-hybridized carbons (Fsp3) is 0.423. The number of fused-ring (bicyclic) bond motifs is 2. The summed E-state index contributed by atoms with van der Waals surface area (Å²) in [7, 11) is -3.62. The number of esters is 1. The molecular weight excluding hydrogens is 530 g/mol. The predicted octanol–water partition coefficient (Wildman–Crippen LogP) is 3.34. The number of aromatic nitrogens is 1. The van der Waals surface area contributed by atoms with Gasteiger partial charge in [-0.3, -0.25) is 9.59 Å². The SMILES string of the molecule is CCOC(=O)Cn1c(=NC(=O)c2ccc(S(=O)(=O)N3CCCCCC3)cc2)sc2cc3c(cc21)OCCO3. The van der Waals surface area contributed by atoms with Gasteiger partial charge in [-0.15, -0.1) is 0 Å². The van der Waals surface area contributed by atoms with Crippen LogP contribution < -0.4 is 14.3 Å². The Balaban J connectivity index is 1.47. The van der Waals surface area contributed by atoms with E-state index in [1.54, 1.807) is 17.6 Å². The van der Waals surface area contributed by atoms with E-state index in [4.69, 9.17) is 14.2 Å². The number of benzene rings is 2. The van der Waals surface area contributed by atoms with E-state index in [0.29, 0.717) is 48.1 Å². The number of sulfonamides is 1. The molecule has 0 unspecified atom stereocenters. The molecule has 3 heterocycles. The van der Waals surface area contributed by atoms with Crippen LogP contribution in [-0.2, 0) is 26.1 Å². The molecule has 0 atom stereocenters. The molecule has 1 aromatic heterocycles. The van der Waals surface area contributed by atoms with Gasteiger partial charge in [0.15, 0.2) is 16.3 Å². The monoisotopic (exact) mass is 559 g/mol. The summed E-state index contributed by atoms with van der Waals surface area (Å²) < 4.78 is 46.5. The number of carbonyl (C=O) groups excluding carboxylic acids is 2. The average molecular weight is 560 g/mol. The third-order valence-corrected chi connectivity index (χ3v) is 9.39. The van der Waals surface area contributed by atoms with Gasteiger partial charge in [-0.25, -0.2) is 8.42 Å². The topological polar surface area (TPSA) is 117 Å². The number of carbonyl (C=O) groups is 2. The van der Waals surface area contributed by atoms with Crippen LogP contribution in [-0.4, -0.2) is 62.1 Å². The number of thiazole rings is 1. The lowest BCUT2D eigenvalue weighted by molar-refractivity contribution is -0.143. The van der Waals surface area contributed by atoms with E-state index in [1.807, 2.05) is 6.07 Å². The summed E-state index contributed by atoms with van der Waals surface area (Å²) in [6.07, 6.45) is 3.74. The summed E-state index contributed by atoms with van der Waals surface area (Å²) in [5.74, 6) is 0.134. The van der Waals surface area contributed by atoms with Gasteiger partial charge in [-0.2, -0.15) is 9.30 Å². The molecule has 202 valence electrons. The van der Waals surface area contributed by atoms with Crippen molar-refractivity contribution in [2.45, 2.75) is 44.0 Å². The van der Waals surface area contributed by atoms with Crippen LogP contribution in [0, 0.1) is 0 Å². The van der Waals surface area contributed by atoms with Crippen LogP contribution in [0.1, 0.15) is 43.0 Å². The van der Waals surface area contributed by atoms with Crippen molar-refractivity contribution in [1.29, 1.82) is 0 Å². The van der Waals surface area contributed by atoms with E-state index in [2.05, 4.69) is 4.99 Å². The first-order chi connectivity index (χ1) is 18.4. The number of nitrogens with zero attached hydrogens (tertiary/aromatic N) is 3. The molecule has 1 saturated heterocycles. The van der Waals surface area contributed by atoms with Crippen molar-refractivity contribution in [1.82, 2.24) is 8.87 Å². The second-order valence-corrected chi connectivity index (χ2v) is 11.9. The van der Waals surface area contributed by atoms with Crippen molar-refractivity contribution in [3.05, 3.63) is 46.8 Å². The van der Waals surface area contributed by atoms with Gasteiger partial charge >= 0.3 is 5.97 Å². The molecule has 3 aromatic rings. The highest BCUT2D eigenvalue weighted by Gasteiger charge is 2.25. The van der Waals surface area contributed by atoms with Gasteiger partial charge in [0, 0.05) is 30.8 Å². The van der Waals surface area contributed by atoms with E-state index >= 15 is 0 Å². The molecule has 2 aliphatic rings. The number of hydrogen-bond acceptors (Lipinski definition) is 8. The van der Waals surface area contributed by atoms with Crippen molar-refractivity contribution in [3.63, 3.8) is 0 Å². The van der Waals surface area contributed by atoms with Crippen molar-refractivity contribution in [2.24, 2.45) is 4.99 Å². The fourth-order valence-electron chi connectivity index (χ4n) is 4.53. The lowest BCUT2D eigenvalue weighted by Gasteiger charge is -2.19. The maximum atomic E-state index is 13.1. The van der Waals surface area contributed by atoms with Crippen molar-refractivity contribution in [2.75, 3.05) is 32.9 Å². The molecule has 0 N–H and O–H groups in total. The summed E-state index contributed by atoms with van der Waals surface area (Å²) in [6, 6.07) is 9.42. The molecule has 1 amide bonds. The van der Waals surface area contributed by atoms with Crippen molar-refractivity contribution >= 4 is 43.5 Å². The maximum Gasteiger partial charge on any atom is 0.326 e. The Labute approximate surface area is 224 Å². The largest absolute Gasteiger partial charge is 0.486 e. The van der Waals surface area contributed by atoms with Gasteiger partial charge in [0.25, 0.3) is 5.91 Å². The standard InChI is InChI=1S/C26H29N3O7S2/c1-2-34-24(30)17-29-20-15-21-22(36-14-13-35-21)16-23(20)37-26(29)27-25(31)18-7-9-19(10-8-18)38(32,33)28-11-5-3-4-6-12-28/h7-10,15-16H,2-6,11-14,17H2,1H3. The van der Waals surface area contributed by atoms with Crippen LogP contribution >= 0.6 is 11.3 Å². The molecule has 5 rings (SSSR count). The number of ether oxygens (including phenoxy) is 3. The molecule has 2 aromatic carbocycles. The maximum absolute atomic E-state index is 13.1. The van der Waals surface area contributed by atoms with Crippen molar-refractivity contribution < 1.29 is 32.2 Å². The first kappa shape index (κ1) is 26.4. The van der Waals surface area contributed by atoms with Crippen LogP contribution in [0.25, 0.3) is 10.2 Å². The average Bonchev–Trinajstić information content (AvgIpc) is 3.08. The minimum Gasteiger partial charge on any atom is -0.486 e. The number of amides is 1. The quantitative estimate of drug-likeness (QED) is 0.425. The summed E-state index contributed by atoms with van der Waals surface area (Å²) >= 11 is 1.24. The third kappa shape index (κ3) is 5.47. The molecule has 0 radical (unpaired) electrons. The third-order valence-electron chi connectivity index (χ3n) is 6.44. The summed E-state index contributed by atoms with van der Waals surface area (Å²) in [5, 5.41) is 0. The molecule has 1 fully saturated rings. The molecule has 0 saturated carbocycles. The zero-order valence-electron chi connectivity index (χ0n) is 21.1. The zero-order chi connectivity index (χ0) is 26.7. The highest BCUT2D eigenvalue weighted by Crippen LogP contribution is 2.35. The second kappa shape index (κ2) is 11.3. The molecular formula is C26H29N3O7S2. The van der Waals surface area contributed by atoms with Gasteiger partial charge in [-0.1, -0.05) is 24.2 Å². The molecule has 2 aliphatic heterocycles. The molecule has 0 bridgehead atoms. The van der Waals surface area contributed by atoms with Gasteiger partial charge in [-0.05, 0) is 44.0 Å². The van der Waals surface area contributed by atoms with E-state index in [9.17, 15) is 18.0 Å². The Morgan fingerprint density at radius 2 is 1.66 bits per heavy atom. The Morgan fingerprint density at radius 3 is 2.32 bits per heavy atom. The van der Waals surface area contributed by atoms with Crippen LogP contribution in [0.15, 0.2) is 46.3 Å². The summed E-state index contributed by atoms with van der Waals surface area (Å²) in [5.41, 5.74) is 0.906. The number of rotatable bonds is 6. The minimum absolute atomic E-state index is 0.132. The normalized spacial score (nSPS) is 16.8. The molecule has 12 heteroatoms. The lowest BCUT2D eigenvalue weighted by atomic mass is 10.2. The summed E-state index contributed by atoms with van der Waals surface area (Å²) in [6.45, 7) is 3.68. The van der Waals surface area contributed by atoms with Crippen LogP contribution in [0.5, 0.6) is 11.5 Å². The first-order valence-corrected chi connectivity index (χ1v) is 14.9. The van der Waals surface area contributed by atoms with Gasteiger partial charge in [0.2, 0.25) is 10.0 Å². The zero-order valence-corrected chi connectivity index (χ0v) is 22.7. The van der Waals surface area contributed by atoms with Crippen LogP contribution in [0.4, 0.5) is 0 Å². The highest BCUT2D eigenvalue weighted by molar-refractivity contribution is 7.89.